The summed E-state index contributed by atoms with van der Waals surface area (Å²) in [6.07, 6.45) is -2.47. The van der Waals surface area contributed by atoms with Gasteiger partial charge in [-0.05, 0) is 0 Å². The van der Waals surface area contributed by atoms with Gasteiger partial charge in [0.2, 0.25) is 0 Å². The summed E-state index contributed by atoms with van der Waals surface area (Å²) < 4.78 is 56.8. The third-order valence-corrected chi connectivity index (χ3v) is 8.49. The first-order valence-electron chi connectivity index (χ1n) is 11.1. The van der Waals surface area contributed by atoms with Crippen molar-refractivity contribution in [3.63, 3.8) is 0 Å². The van der Waals surface area contributed by atoms with Gasteiger partial charge in [0.1, 0.15) is 0 Å². The first kappa shape index (κ1) is 26.4. The summed E-state index contributed by atoms with van der Waals surface area (Å²) in [4.78, 5) is 25.3. The van der Waals surface area contributed by atoms with E-state index in [2.05, 4.69) is 5.32 Å². The number of methoxy groups -OCH3 is 2. The predicted molar refractivity (Wildman–Crippen MR) is 136 cm³/mol. The van der Waals surface area contributed by atoms with E-state index in [4.69, 9.17) is 13.9 Å². The van der Waals surface area contributed by atoms with E-state index in [9.17, 15) is 22.8 Å². The Labute approximate surface area is 217 Å². The van der Waals surface area contributed by atoms with E-state index in [-0.39, 0.29) is 22.1 Å². The Morgan fingerprint density at radius 3 is 2.35 bits per heavy atom. The molecule has 0 saturated carbocycles. The van der Waals surface area contributed by atoms with Crippen LogP contribution in [0.4, 0.5) is 13.2 Å². The van der Waals surface area contributed by atoms with Crippen LogP contribution in [-0.2, 0) is 4.74 Å². The van der Waals surface area contributed by atoms with Crippen molar-refractivity contribution in [1.82, 2.24) is 5.32 Å². The molecule has 0 aliphatic heterocycles. The number of alkyl halides is 2. The molecule has 3 aromatic carbocycles. The van der Waals surface area contributed by atoms with Crippen LogP contribution in [-0.4, -0.2) is 55.3 Å². The number of carbonyl (C=O) groups excluding carboxylic acids is 2. The van der Waals surface area contributed by atoms with Crippen molar-refractivity contribution in [2.75, 3.05) is 21.3 Å². The zero-order chi connectivity index (χ0) is 26.7. The van der Waals surface area contributed by atoms with Gasteiger partial charge in [-0.1, -0.05) is 0 Å². The summed E-state index contributed by atoms with van der Waals surface area (Å²) in [5.74, 6) is -0.946. The molecule has 1 amide bonds. The van der Waals surface area contributed by atoms with Crippen molar-refractivity contribution in [1.29, 1.82) is 0 Å². The van der Waals surface area contributed by atoms with E-state index in [1.165, 1.54) is 45.5 Å². The molecule has 0 radical (unpaired) electrons. The van der Waals surface area contributed by atoms with Gasteiger partial charge >= 0.3 is 218 Å². The van der Waals surface area contributed by atoms with Crippen molar-refractivity contribution in [2.24, 2.45) is 0 Å². The Kier molecular flexibility index (Phi) is 7.93. The fourth-order valence-corrected chi connectivity index (χ4v) is 6.14. The number of esters is 1. The van der Waals surface area contributed by atoms with Crippen LogP contribution in [0.25, 0.3) is 33.4 Å². The molecule has 37 heavy (non-hydrogen) atoms. The first-order chi connectivity index (χ1) is 17.8. The summed E-state index contributed by atoms with van der Waals surface area (Å²) in [7, 11) is 4.15. The number of halogens is 3. The number of amides is 1. The molecular formula is C27H23AsF3NO5. The molecule has 0 bridgehead atoms. The molecule has 4 aromatic rings. The zero-order valence-corrected chi connectivity index (χ0v) is 22.3. The third-order valence-electron chi connectivity index (χ3n) is 5.75. The molecule has 192 valence electrons. The number of fused-ring (bicyclic) bond motifs is 1. The quantitative estimate of drug-likeness (QED) is 0.242. The van der Waals surface area contributed by atoms with Crippen LogP contribution >= 0.6 is 0 Å². The number of carbonyl (C=O) groups is 2. The second-order valence-corrected chi connectivity index (χ2v) is 10.7. The number of furan rings is 1. The SMILES string of the molecule is CNC(=O)c1c(-c2ccc(F)cc2)oc2cc([AsH]CC(F)F)c(-c3ccc(OC)c(C(=O)OC)c3)cc12. The van der Waals surface area contributed by atoms with Crippen molar-refractivity contribution in [3.8, 4) is 28.2 Å². The Morgan fingerprint density at radius 2 is 1.73 bits per heavy atom. The Hall–Kier alpha value is -3.71. The zero-order valence-electron chi connectivity index (χ0n) is 20.2. The van der Waals surface area contributed by atoms with Gasteiger partial charge in [0.05, 0.1) is 0 Å². The Morgan fingerprint density at radius 1 is 1.03 bits per heavy atom. The van der Waals surface area contributed by atoms with Gasteiger partial charge in [-0.25, -0.2) is 0 Å². The van der Waals surface area contributed by atoms with Gasteiger partial charge in [0.25, 0.3) is 0 Å². The van der Waals surface area contributed by atoms with Crippen LogP contribution in [0.2, 0.25) is 5.21 Å². The number of hydrogen-bond acceptors (Lipinski definition) is 5. The topological polar surface area (TPSA) is 77.8 Å². The van der Waals surface area contributed by atoms with Gasteiger partial charge in [-0.2, -0.15) is 0 Å². The van der Waals surface area contributed by atoms with E-state index in [0.717, 1.165) is 0 Å². The molecule has 6 nitrogen and oxygen atoms in total. The Balaban J connectivity index is 1.99. The second kappa shape index (κ2) is 11.1. The molecule has 0 aliphatic carbocycles. The summed E-state index contributed by atoms with van der Waals surface area (Å²) in [5.41, 5.74) is 2.40. The average molecular weight is 573 g/mol. The Bertz CT molecular complexity index is 1470. The van der Waals surface area contributed by atoms with Gasteiger partial charge in [-0.3, -0.25) is 0 Å². The molecule has 0 fully saturated rings. The fourth-order valence-electron chi connectivity index (χ4n) is 4.02. The van der Waals surface area contributed by atoms with E-state index in [0.29, 0.717) is 37.8 Å². The van der Waals surface area contributed by atoms with Gasteiger partial charge in [0.15, 0.2) is 0 Å². The van der Waals surface area contributed by atoms with Crippen LogP contribution in [0.3, 0.4) is 0 Å². The van der Waals surface area contributed by atoms with Crippen LogP contribution < -0.4 is 14.4 Å². The molecule has 1 atom stereocenters. The minimum absolute atomic E-state index is 0.174. The molecule has 0 aliphatic rings. The number of nitrogens with one attached hydrogen (secondary N) is 1. The number of rotatable bonds is 8. The number of ether oxygens (including phenoxy) is 2. The van der Waals surface area contributed by atoms with Crippen molar-refractivity contribution < 1.29 is 36.7 Å². The predicted octanol–water partition coefficient (Wildman–Crippen LogP) is 4.81. The molecule has 1 heterocycles. The number of benzene rings is 3. The standard InChI is InChI=1S/C27H23AsF3NO5/c1-32-26(33)24-18-11-17(15-6-9-21(35-2)19(10-15)27(34)36-3)20(28-13-23(30)31)12-22(18)37-25(24)14-4-7-16(29)8-5-14/h4-12,23,28H,13H2,1-3H3,(H,32,33). The summed E-state index contributed by atoms with van der Waals surface area (Å²) >= 11 is -1.33. The summed E-state index contributed by atoms with van der Waals surface area (Å²) in [6, 6.07) is 13.8. The average Bonchev–Trinajstić information content (AvgIpc) is 3.28. The van der Waals surface area contributed by atoms with E-state index >= 15 is 0 Å². The molecule has 4 rings (SSSR count). The van der Waals surface area contributed by atoms with Gasteiger partial charge < -0.3 is 0 Å². The molecule has 1 aromatic heterocycles. The van der Waals surface area contributed by atoms with Crippen LogP contribution in [0, 0.1) is 5.82 Å². The molecular weight excluding hydrogens is 550 g/mol. The van der Waals surface area contributed by atoms with E-state index in [1.807, 2.05) is 0 Å². The third kappa shape index (κ3) is 5.37. The van der Waals surface area contributed by atoms with Gasteiger partial charge in [-0.15, -0.1) is 0 Å². The van der Waals surface area contributed by atoms with E-state index in [1.54, 1.807) is 30.3 Å². The van der Waals surface area contributed by atoms with Gasteiger partial charge in [0, 0.05) is 0 Å². The van der Waals surface area contributed by atoms with Crippen molar-refractivity contribution >= 4 is 42.9 Å². The maximum atomic E-state index is 13.5. The molecule has 1 unspecified atom stereocenters. The van der Waals surface area contributed by atoms with Crippen LogP contribution in [0.1, 0.15) is 20.7 Å². The summed E-state index contributed by atoms with van der Waals surface area (Å²) in [5, 5.41) is 2.78. The minimum atomic E-state index is -2.47. The first-order valence-corrected chi connectivity index (χ1v) is 13.7. The molecule has 1 N–H and O–H groups in total. The fraction of sp³-hybridized carbons (Fsp3) is 0.185. The molecule has 0 spiro atoms. The second-order valence-electron chi connectivity index (χ2n) is 7.96. The molecule has 0 saturated heterocycles. The summed E-state index contributed by atoms with van der Waals surface area (Å²) in [6.45, 7) is 0. The van der Waals surface area contributed by atoms with Crippen LogP contribution in [0.15, 0.2) is 59.0 Å². The van der Waals surface area contributed by atoms with Crippen molar-refractivity contribution in [3.05, 3.63) is 71.5 Å². The normalized spacial score (nSPS) is 11.4. The van der Waals surface area contributed by atoms with Crippen LogP contribution in [0.5, 0.6) is 5.75 Å². The monoisotopic (exact) mass is 573 g/mol. The number of hydrogen-bond donors (Lipinski definition) is 1. The van der Waals surface area contributed by atoms with E-state index < -0.39 is 39.9 Å². The molecule has 10 heteroatoms. The van der Waals surface area contributed by atoms with Crippen molar-refractivity contribution in [2.45, 2.75) is 11.6 Å². The maximum absolute atomic E-state index is 13.5.